The van der Waals surface area contributed by atoms with E-state index < -0.39 is 10.0 Å². The van der Waals surface area contributed by atoms with Gasteiger partial charge in [-0.05, 0) is 25.5 Å². The molecule has 0 aliphatic carbocycles. The Kier molecular flexibility index (Phi) is 5.52. The number of anilines is 1. The molecule has 102 valence electrons. The van der Waals surface area contributed by atoms with Gasteiger partial charge in [-0.25, -0.2) is 13.4 Å². The summed E-state index contributed by atoms with van der Waals surface area (Å²) in [6, 6.07) is 3.37. The smallest absolute Gasteiger partial charge is 0.262 e. The Morgan fingerprint density at radius 1 is 1.50 bits per heavy atom. The summed E-state index contributed by atoms with van der Waals surface area (Å²) in [6.45, 7) is 2.73. The third-order valence-electron chi connectivity index (χ3n) is 2.42. The Labute approximate surface area is 108 Å². The lowest BCUT2D eigenvalue weighted by Crippen LogP contribution is -2.29. The largest absolute Gasteiger partial charge is 0.396 e. The van der Waals surface area contributed by atoms with E-state index in [-0.39, 0.29) is 18.2 Å². The molecule has 0 aliphatic heterocycles. The Bertz CT molecular complexity index is 476. The quantitative estimate of drug-likeness (QED) is 0.756. The van der Waals surface area contributed by atoms with Crippen LogP contribution >= 0.6 is 0 Å². The van der Waals surface area contributed by atoms with E-state index >= 15 is 0 Å². The normalized spacial score (nSPS) is 11.8. The van der Waals surface area contributed by atoms with Crippen molar-refractivity contribution in [1.29, 1.82) is 0 Å². The average Bonchev–Trinajstić information content (AvgIpc) is 2.36. The standard InChI is InChI=1S/C11H19N3O3S/c1-3-12-10-6-4-7-13-11(10)18(16,17)14(2)8-5-9-15/h4,6-7,12,15H,3,5,8-9H2,1-2H3. The molecule has 2 N–H and O–H groups in total. The SMILES string of the molecule is CCNc1cccnc1S(=O)(=O)N(C)CCCO. The molecule has 0 atom stereocenters. The molecule has 0 saturated carbocycles. The molecule has 1 aromatic rings. The molecule has 0 saturated heterocycles. The number of hydrogen-bond donors (Lipinski definition) is 2. The van der Waals surface area contributed by atoms with Crippen LogP contribution in [-0.4, -0.2) is 49.6 Å². The van der Waals surface area contributed by atoms with Gasteiger partial charge in [0.1, 0.15) is 0 Å². The first kappa shape index (κ1) is 14.9. The third kappa shape index (κ3) is 3.41. The van der Waals surface area contributed by atoms with Crippen molar-refractivity contribution in [2.45, 2.75) is 18.4 Å². The van der Waals surface area contributed by atoms with Crippen LogP contribution in [0.1, 0.15) is 13.3 Å². The van der Waals surface area contributed by atoms with Gasteiger partial charge in [-0.1, -0.05) is 0 Å². The van der Waals surface area contributed by atoms with Crippen LogP contribution in [0.25, 0.3) is 0 Å². The van der Waals surface area contributed by atoms with E-state index in [4.69, 9.17) is 5.11 Å². The van der Waals surface area contributed by atoms with Crippen LogP contribution in [0, 0.1) is 0 Å². The molecule has 0 fully saturated rings. The van der Waals surface area contributed by atoms with E-state index in [2.05, 4.69) is 10.3 Å². The lowest BCUT2D eigenvalue weighted by atomic mass is 10.4. The zero-order valence-corrected chi connectivity index (χ0v) is 11.4. The van der Waals surface area contributed by atoms with E-state index in [1.165, 1.54) is 17.5 Å². The van der Waals surface area contributed by atoms with E-state index in [9.17, 15) is 8.42 Å². The Morgan fingerprint density at radius 2 is 2.22 bits per heavy atom. The van der Waals surface area contributed by atoms with Crippen LogP contribution in [0.5, 0.6) is 0 Å². The molecule has 0 amide bonds. The van der Waals surface area contributed by atoms with Gasteiger partial charge in [-0.3, -0.25) is 0 Å². The minimum atomic E-state index is -3.62. The fourth-order valence-corrected chi connectivity index (χ4v) is 2.76. The van der Waals surface area contributed by atoms with Crippen LogP contribution in [0.3, 0.4) is 0 Å². The number of rotatable bonds is 7. The highest BCUT2D eigenvalue weighted by Crippen LogP contribution is 2.21. The first-order valence-electron chi connectivity index (χ1n) is 5.80. The van der Waals surface area contributed by atoms with Crippen molar-refractivity contribution in [1.82, 2.24) is 9.29 Å². The second-order valence-electron chi connectivity index (χ2n) is 3.79. The number of aliphatic hydroxyl groups is 1. The third-order valence-corrected chi connectivity index (χ3v) is 4.24. The van der Waals surface area contributed by atoms with Gasteiger partial charge in [-0.2, -0.15) is 4.31 Å². The van der Waals surface area contributed by atoms with Crippen molar-refractivity contribution in [3.05, 3.63) is 18.3 Å². The molecule has 0 aliphatic rings. The van der Waals surface area contributed by atoms with Crippen molar-refractivity contribution in [3.8, 4) is 0 Å². The molecule has 1 rings (SSSR count). The second-order valence-corrected chi connectivity index (χ2v) is 5.75. The molecule has 0 radical (unpaired) electrons. The Balaban J connectivity index is 3.04. The van der Waals surface area contributed by atoms with Gasteiger partial charge in [0.25, 0.3) is 10.0 Å². The first-order chi connectivity index (χ1) is 8.54. The minimum absolute atomic E-state index is 0.0206. The van der Waals surface area contributed by atoms with Crippen LogP contribution in [0.2, 0.25) is 0 Å². The summed E-state index contributed by atoms with van der Waals surface area (Å²) in [6.07, 6.45) is 1.85. The van der Waals surface area contributed by atoms with Crippen LogP contribution < -0.4 is 5.32 Å². The number of sulfonamides is 1. The average molecular weight is 273 g/mol. The van der Waals surface area contributed by atoms with Gasteiger partial charge in [-0.15, -0.1) is 0 Å². The predicted octanol–water partition coefficient (Wildman–Crippen LogP) is 0.516. The van der Waals surface area contributed by atoms with Gasteiger partial charge < -0.3 is 10.4 Å². The number of aliphatic hydroxyl groups excluding tert-OH is 1. The molecule has 0 unspecified atom stereocenters. The fourth-order valence-electron chi connectivity index (χ4n) is 1.48. The highest BCUT2D eigenvalue weighted by molar-refractivity contribution is 7.89. The molecule has 0 aromatic carbocycles. The van der Waals surface area contributed by atoms with Crippen molar-refractivity contribution in [3.63, 3.8) is 0 Å². The maximum Gasteiger partial charge on any atom is 0.262 e. The van der Waals surface area contributed by atoms with Crippen LogP contribution in [0.15, 0.2) is 23.4 Å². The van der Waals surface area contributed by atoms with Gasteiger partial charge >= 0.3 is 0 Å². The Hall–Kier alpha value is -1.18. The minimum Gasteiger partial charge on any atom is -0.396 e. The van der Waals surface area contributed by atoms with Crippen molar-refractivity contribution < 1.29 is 13.5 Å². The summed E-state index contributed by atoms with van der Waals surface area (Å²) in [7, 11) is -2.13. The van der Waals surface area contributed by atoms with E-state index in [1.54, 1.807) is 12.1 Å². The van der Waals surface area contributed by atoms with Gasteiger partial charge in [0.05, 0.1) is 5.69 Å². The van der Waals surface area contributed by atoms with E-state index in [0.717, 1.165) is 0 Å². The monoisotopic (exact) mass is 273 g/mol. The number of nitrogens with zero attached hydrogens (tertiary/aromatic N) is 2. The first-order valence-corrected chi connectivity index (χ1v) is 7.24. The van der Waals surface area contributed by atoms with Crippen LogP contribution in [-0.2, 0) is 10.0 Å². The highest BCUT2D eigenvalue weighted by Gasteiger charge is 2.24. The van der Waals surface area contributed by atoms with Crippen molar-refractivity contribution >= 4 is 15.7 Å². The number of nitrogens with one attached hydrogen (secondary N) is 1. The molecular weight excluding hydrogens is 254 g/mol. The topological polar surface area (TPSA) is 82.5 Å². The summed E-state index contributed by atoms with van der Waals surface area (Å²) >= 11 is 0. The van der Waals surface area contributed by atoms with E-state index in [0.29, 0.717) is 18.7 Å². The molecule has 0 spiro atoms. The lowest BCUT2D eigenvalue weighted by molar-refractivity contribution is 0.275. The fraction of sp³-hybridized carbons (Fsp3) is 0.545. The molecule has 18 heavy (non-hydrogen) atoms. The molecule has 7 heteroatoms. The summed E-state index contributed by atoms with van der Waals surface area (Å²) in [5.41, 5.74) is 0.496. The zero-order valence-electron chi connectivity index (χ0n) is 10.6. The maximum absolute atomic E-state index is 12.3. The van der Waals surface area contributed by atoms with Gasteiger partial charge in [0.2, 0.25) is 0 Å². The number of aromatic nitrogens is 1. The lowest BCUT2D eigenvalue weighted by Gasteiger charge is -2.18. The number of pyridine rings is 1. The van der Waals surface area contributed by atoms with E-state index in [1.807, 2.05) is 6.92 Å². The molecule has 1 aromatic heterocycles. The second kappa shape index (κ2) is 6.67. The molecule has 1 heterocycles. The van der Waals surface area contributed by atoms with Gasteiger partial charge in [0.15, 0.2) is 5.03 Å². The highest BCUT2D eigenvalue weighted by atomic mass is 32.2. The Morgan fingerprint density at radius 3 is 2.83 bits per heavy atom. The van der Waals surface area contributed by atoms with Gasteiger partial charge in [0, 0.05) is 32.9 Å². The van der Waals surface area contributed by atoms with Crippen LogP contribution in [0.4, 0.5) is 5.69 Å². The molecule has 6 nitrogen and oxygen atoms in total. The van der Waals surface area contributed by atoms with Crippen molar-refractivity contribution in [2.75, 3.05) is 32.1 Å². The summed E-state index contributed by atoms with van der Waals surface area (Å²) < 4.78 is 25.8. The zero-order chi connectivity index (χ0) is 13.6. The van der Waals surface area contributed by atoms with Crippen molar-refractivity contribution in [2.24, 2.45) is 0 Å². The molecular formula is C11H19N3O3S. The predicted molar refractivity (Wildman–Crippen MR) is 69.9 cm³/mol. The molecule has 0 bridgehead atoms. The summed E-state index contributed by atoms with van der Waals surface area (Å²) in [5.74, 6) is 0. The number of hydrogen-bond acceptors (Lipinski definition) is 5. The summed E-state index contributed by atoms with van der Waals surface area (Å²) in [4.78, 5) is 3.94. The maximum atomic E-state index is 12.3. The summed E-state index contributed by atoms with van der Waals surface area (Å²) in [5, 5.41) is 11.7.